The van der Waals surface area contributed by atoms with Crippen LogP contribution in [0.4, 0.5) is 4.79 Å². The number of hydrogen-bond donors (Lipinski definition) is 4. The van der Waals surface area contributed by atoms with Crippen LogP contribution in [0.5, 0.6) is 17.2 Å². The number of aromatic amines is 1. The van der Waals surface area contributed by atoms with Gasteiger partial charge in [-0.15, -0.1) is 0 Å². The SMILES string of the molecule is CCc1c2c(nc3ccc(OC(=O)N4CCC(CN5CCN(Cc6ccc(-n7c(-c8cc(C(C)C)c(O)cc8O)n[nH]c7=O)cc6)CC5)CC4)cc13)-c1cc3c(c(=O)n1C2)COC(=O)C3O. The average Bonchev–Trinajstić information content (AvgIpc) is 3.88. The van der Waals surface area contributed by atoms with Gasteiger partial charge in [-0.2, -0.15) is 5.10 Å². The predicted octanol–water partition coefficient (Wildman–Crippen LogP) is 5.18. The second-order valence-electron chi connectivity index (χ2n) is 18.1. The van der Waals surface area contributed by atoms with Crippen molar-refractivity contribution >= 4 is 23.0 Å². The third kappa shape index (κ3) is 7.79. The van der Waals surface area contributed by atoms with Crippen LogP contribution < -0.4 is 16.0 Å². The molecule has 4 aliphatic heterocycles. The summed E-state index contributed by atoms with van der Waals surface area (Å²) in [6.45, 7) is 12.8. The Hall–Kier alpha value is -6.82. The van der Waals surface area contributed by atoms with Crippen LogP contribution >= 0.6 is 0 Å². The largest absolute Gasteiger partial charge is 0.508 e. The van der Waals surface area contributed by atoms with Crippen LogP contribution in [0.2, 0.25) is 0 Å². The molecule has 0 aliphatic carbocycles. The fourth-order valence-electron chi connectivity index (χ4n) is 10.1. The van der Waals surface area contributed by atoms with Crippen molar-refractivity contribution < 1.29 is 34.4 Å². The first kappa shape index (κ1) is 43.1. The molecule has 0 saturated carbocycles. The average molecular weight is 897 g/mol. The molecule has 0 radical (unpaired) electrons. The molecule has 3 aromatic heterocycles. The van der Waals surface area contributed by atoms with E-state index in [0.29, 0.717) is 71.4 Å². The highest BCUT2D eigenvalue weighted by molar-refractivity contribution is 5.90. The number of ether oxygens (including phenoxy) is 2. The smallest absolute Gasteiger partial charge is 0.415 e. The number of aryl methyl sites for hydroxylation is 1. The molecule has 17 nitrogen and oxygen atoms in total. The summed E-state index contributed by atoms with van der Waals surface area (Å²) in [4.78, 5) is 63.6. The molecule has 1 amide bonds. The molecule has 4 N–H and O–H groups in total. The Labute approximate surface area is 379 Å². The lowest BCUT2D eigenvalue weighted by Gasteiger charge is -2.38. The number of H-pyrrole nitrogens is 1. The van der Waals surface area contributed by atoms with Gasteiger partial charge in [0.25, 0.3) is 5.56 Å². The number of cyclic esters (lactones) is 1. The third-order valence-corrected chi connectivity index (χ3v) is 13.7. The zero-order chi connectivity index (χ0) is 46.0. The zero-order valence-electron chi connectivity index (χ0n) is 37.1. The number of aromatic nitrogens is 5. The van der Waals surface area contributed by atoms with E-state index in [1.54, 1.807) is 27.7 Å². The number of pyridine rings is 2. The molecule has 2 fully saturated rings. The Morgan fingerprint density at radius 1 is 0.909 bits per heavy atom. The van der Waals surface area contributed by atoms with Gasteiger partial charge in [0.05, 0.1) is 40.3 Å². The Balaban J connectivity index is 0.716. The van der Waals surface area contributed by atoms with Crippen molar-refractivity contribution in [2.24, 2.45) is 5.92 Å². The van der Waals surface area contributed by atoms with E-state index in [1.807, 2.05) is 57.2 Å². The highest BCUT2D eigenvalue weighted by atomic mass is 16.6. The summed E-state index contributed by atoms with van der Waals surface area (Å²) in [6.07, 6.45) is 0.537. The molecule has 0 spiro atoms. The predicted molar refractivity (Wildman–Crippen MR) is 244 cm³/mol. The monoisotopic (exact) mass is 896 g/mol. The van der Waals surface area contributed by atoms with Gasteiger partial charge < -0.3 is 39.2 Å². The van der Waals surface area contributed by atoms with Gasteiger partial charge in [0.2, 0.25) is 0 Å². The van der Waals surface area contributed by atoms with Crippen molar-refractivity contribution in [1.29, 1.82) is 0 Å². The van der Waals surface area contributed by atoms with Gasteiger partial charge in [-0.1, -0.05) is 32.9 Å². The van der Waals surface area contributed by atoms with Crippen molar-refractivity contribution in [2.45, 2.75) is 71.8 Å². The number of piperazine rings is 1. The number of aromatic hydroxyl groups is 2. The van der Waals surface area contributed by atoms with E-state index < -0.39 is 17.8 Å². The van der Waals surface area contributed by atoms with Gasteiger partial charge in [0, 0.05) is 74.9 Å². The topological polar surface area (TPSA) is 209 Å². The fourth-order valence-corrected chi connectivity index (χ4v) is 10.1. The number of aliphatic hydroxyl groups excluding tert-OH is 1. The van der Waals surface area contributed by atoms with Gasteiger partial charge in [-0.05, 0) is 90.3 Å². The number of nitrogens with one attached hydrogen (secondary N) is 1. The van der Waals surface area contributed by atoms with Crippen molar-refractivity contribution in [3.8, 4) is 45.7 Å². The first-order valence-corrected chi connectivity index (χ1v) is 22.7. The molecule has 7 heterocycles. The van der Waals surface area contributed by atoms with E-state index in [1.165, 1.54) is 10.6 Å². The zero-order valence-corrected chi connectivity index (χ0v) is 37.1. The van der Waals surface area contributed by atoms with Crippen molar-refractivity contribution in [2.75, 3.05) is 45.8 Å². The third-order valence-electron chi connectivity index (χ3n) is 13.7. The van der Waals surface area contributed by atoms with Crippen LogP contribution in [-0.2, 0) is 35.6 Å². The van der Waals surface area contributed by atoms with Gasteiger partial charge in [0.1, 0.15) is 23.9 Å². The quantitative estimate of drug-likeness (QED) is 0.138. The lowest BCUT2D eigenvalue weighted by atomic mass is 9.96. The Morgan fingerprint density at radius 3 is 2.38 bits per heavy atom. The number of phenols is 2. The number of carbonyl (C=O) groups is 2. The van der Waals surface area contributed by atoms with Crippen molar-refractivity contribution in [1.82, 2.24) is 39.0 Å². The number of carbonyl (C=O) groups excluding carboxylic acids is 2. The summed E-state index contributed by atoms with van der Waals surface area (Å²) in [5.41, 5.74) is 6.30. The number of amides is 1. The summed E-state index contributed by atoms with van der Waals surface area (Å²) in [5.74, 6) is 0.215. The number of phenolic OH excluding ortho intramolecular Hbond substituents is 2. The maximum Gasteiger partial charge on any atom is 0.415 e. The molecule has 6 aromatic rings. The van der Waals surface area contributed by atoms with E-state index >= 15 is 0 Å². The summed E-state index contributed by atoms with van der Waals surface area (Å²) in [7, 11) is 0. The summed E-state index contributed by atoms with van der Waals surface area (Å²) in [6, 6.07) is 17.8. The van der Waals surface area contributed by atoms with Gasteiger partial charge in [-0.25, -0.2) is 29.0 Å². The summed E-state index contributed by atoms with van der Waals surface area (Å²) in [5, 5.41) is 39.1. The van der Waals surface area contributed by atoms with E-state index in [0.717, 1.165) is 74.2 Å². The number of rotatable bonds is 9. The van der Waals surface area contributed by atoms with E-state index in [9.17, 15) is 34.5 Å². The summed E-state index contributed by atoms with van der Waals surface area (Å²) < 4.78 is 14.0. The first-order valence-electron chi connectivity index (χ1n) is 22.7. The summed E-state index contributed by atoms with van der Waals surface area (Å²) >= 11 is 0. The number of fused-ring (bicyclic) bond motifs is 5. The highest BCUT2D eigenvalue weighted by Gasteiger charge is 2.35. The molecular weight excluding hydrogens is 845 g/mol. The number of hydrogen-bond acceptors (Lipinski definition) is 13. The number of piperidine rings is 1. The normalized spacial score (nSPS) is 17.8. The minimum Gasteiger partial charge on any atom is -0.508 e. The van der Waals surface area contributed by atoms with Crippen LogP contribution in [0.15, 0.2) is 70.3 Å². The molecule has 3 aromatic carbocycles. The van der Waals surface area contributed by atoms with Gasteiger partial charge in [-0.3, -0.25) is 9.69 Å². The molecule has 1 atom stereocenters. The molecule has 2 saturated heterocycles. The maximum absolute atomic E-state index is 13.5. The molecule has 10 rings (SSSR count). The molecule has 4 aliphatic rings. The second kappa shape index (κ2) is 17.2. The number of aliphatic hydroxyl groups is 1. The maximum atomic E-state index is 13.5. The molecule has 0 bridgehead atoms. The highest BCUT2D eigenvalue weighted by Crippen LogP contribution is 2.40. The van der Waals surface area contributed by atoms with Crippen LogP contribution in [0.25, 0.3) is 39.4 Å². The lowest BCUT2D eigenvalue weighted by molar-refractivity contribution is -0.157. The first-order chi connectivity index (χ1) is 31.8. The standard InChI is InChI=1S/C49H52N8O9/c1-4-32-34-19-31(9-10-39(34)50-43-37(32)25-56-40(43)21-35-38(46(56)61)26-65-47(62)44(35)60)66-49(64)55-13-11-29(12-14-55)24-54-17-15-53(16-18-54)23-28-5-7-30(8-6-28)57-45(51-52-48(57)63)36-20-33(27(2)3)41(58)22-42(36)59/h5-10,19-22,27,29,44,58-60H,4,11-18,23-26H2,1-3H3,(H,52,63). The van der Waals surface area contributed by atoms with E-state index in [4.69, 9.17) is 14.5 Å². The Morgan fingerprint density at radius 2 is 1.65 bits per heavy atom. The number of esters is 1. The van der Waals surface area contributed by atoms with Crippen molar-refractivity contribution in [3.63, 3.8) is 0 Å². The molecule has 1 unspecified atom stereocenters. The van der Waals surface area contributed by atoms with Gasteiger partial charge in [0.15, 0.2) is 11.9 Å². The van der Waals surface area contributed by atoms with Crippen LogP contribution in [0.3, 0.4) is 0 Å². The number of likely N-dealkylation sites (tertiary alicyclic amines) is 1. The fraction of sp³-hybridized carbons (Fsp3) is 0.388. The van der Waals surface area contributed by atoms with Crippen LogP contribution in [0, 0.1) is 5.92 Å². The Bertz CT molecular complexity index is 3010. The van der Waals surface area contributed by atoms with E-state index in [2.05, 4.69) is 20.0 Å². The number of benzene rings is 3. The van der Waals surface area contributed by atoms with Crippen LogP contribution in [0.1, 0.15) is 79.0 Å². The number of nitrogens with zero attached hydrogens (tertiary/aromatic N) is 7. The van der Waals surface area contributed by atoms with Crippen molar-refractivity contribution in [3.05, 3.63) is 115 Å². The molecule has 342 valence electrons. The van der Waals surface area contributed by atoms with E-state index in [-0.39, 0.29) is 52.6 Å². The second-order valence-corrected chi connectivity index (χ2v) is 18.1. The molecule has 66 heavy (non-hydrogen) atoms. The molecular formula is C49H52N8O9. The van der Waals surface area contributed by atoms with Crippen LogP contribution in [-0.4, -0.2) is 112 Å². The molecule has 17 heteroatoms. The Kier molecular flexibility index (Phi) is 11.2. The minimum absolute atomic E-state index is 0.000687. The lowest BCUT2D eigenvalue weighted by Crippen LogP contribution is -2.49. The minimum atomic E-state index is -1.52. The van der Waals surface area contributed by atoms with Gasteiger partial charge >= 0.3 is 17.8 Å².